The van der Waals surface area contributed by atoms with Crippen LogP contribution in [0.5, 0.6) is 5.75 Å². The summed E-state index contributed by atoms with van der Waals surface area (Å²) in [6.07, 6.45) is 5.02. The van der Waals surface area contributed by atoms with E-state index in [-0.39, 0.29) is 5.16 Å². The first-order valence-corrected chi connectivity index (χ1v) is 17.4. The lowest BCUT2D eigenvalue weighted by atomic mass is 9.85. The lowest BCUT2D eigenvalue weighted by Crippen LogP contribution is -2.26. The summed E-state index contributed by atoms with van der Waals surface area (Å²) in [5.74, 6) is 1.08. The summed E-state index contributed by atoms with van der Waals surface area (Å²) in [5, 5.41) is 1.43. The molecule has 0 N–H and O–H groups in total. The van der Waals surface area contributed by atoms with E-state index in [0.29, 0.717) is 15.2 Å². The van der Waals surface area contributed by atoms with Crippen LogP contribution in [0, 0.1) is 0 Å². The van der Waals surface area contributed by atoms with Crippen LogP contribution in [0.25, 0.3) is 0 Å². The van der Waals surface area contributed by atoms with Crippen molar-refractivity contribution < 1.29 is 4.74 Å². The molecule has 0 radical (unpaired) electrons. The molecule has 0 saturated heterocycles. The highest BCUT2D eigenvalue weighted by Gasteiger charge is 2.35. The van der Waals surface area contributed by atoms with Crippen molar-refractivity contribution in [1.82, 2.24) is 4.90 Å². The Morgan fingerprint density at radius 1 is 0.622 bits per heavy atom. The van der Waals surface area contributed by atoms with E-state index in [9.17, 15) is 0 Å². The Morgan fingerprint density at radius 3 is 1.80 bits per heavy atom. The summed E-state index contributed by atoms with van der Waals surface area (Å²) < 4.78 is 7.01. The molecule has 0 spiro atoms. The van der Waals surface area contributed by atoms with Crippen LogP contribution in [0.2, 0.25) is 0 Å². The fourth-order valence-electron chi connectivity index (χ4n) is 6.42. The fourth-order valence-corrected chi connectivity index (χ4v) is 8.31. The average molecular weight is 614 g/mol. The third kappa shape index (κ3) is 8.72. The second kappa shape index (κ2) is 16.0. The van der Waals surface area contributed by atoms with Crippen LogP contribution in [-0.2, 0) is 31.1 Å². The Balaban J connectivity index is 1.70. The first-order chi connectivity index (χ1) is 22.0. The van der Waals surface area contributed by atoms with Gasteiger partial charge in [-0.2, -0.15) is 0 Å². The number of nitrogens with zero attached hydrogens (tertiary/aromatic N) is 1. The highest BCUT2D eigenvalue weighted by Crippen LogP contribution is 2.52. The van der Waals surface area contributed by atoms with Gasteiger partial charge in [0, 0.05) is 23.7 Å². The third-order valence-electron chi connectivity index (χ3n) is 8.61. The van der Waals surface area contributed by atoms with E-state index in [1.165, 1.54) is 44.2 Å². The zero-order valence-corrected chi connectivity index (χ0v) is 28.4. The lowest BCUT2D eigenvalue weighted by molar-refractivity contribution is 0.295. The first kappa shape index (κ1) is 32.7. The van der Waals surface area contributed by atoms with Crippen LogP contribution in [0.15, 0.2) is 127 Å². The Labute approximate surface area is 273 Å². The number of hydrogen-bond donors (Lipinski definition) is 0. The monoisotopic (exact) mass is 613 g/mol. The number of ether oxygens (including phenoxy) is 1. The molecule has 0 bridgehead atoms. The van der Waals surface area contributed by atoms with Crippen molar-refractivity contribution in [3.05, 3.63) is 166 Å². The molecule has 2 atom stereocenters. The van der Waals surface area contributed by atoms with Crippen molar-refractivity contribution in [2.75, 3.05) is 14.1 Å². The average Bonchev–Trinajstić information content (AvgIpc) is 3.06. The maximum atomic E-state index is 7.01. The number of hydrogen-bond acceptors (Lipinski definition) is 2. The first-order valence-electron chi connectivity index (χ1n) is 16.4. The molecule has 5 rings (SSSR count). The van der Waals surface area contributed by atoms with Crippen molar-refractivity contribution in [3.63, 3.8) is 0 Å². The van der Waals surface area contributed by atoms with Gasteiger partial charge in [0.1, 0.15) is 12.4 Å². The summed E-state index contributed by atoms with van der Waals surface area (Å²) in [5.41, 5.74) is 9.27. The van der Waals surface area contributed by atoms with E-state index in [2.05, 4.69) is 160 Å². The van der Waals surface area contributed by atoms with Crippen molar-refractivity contribution in [2.24, 2.45) is 0 Å². The molecule has 3 heteroatoms. The summed E-state index contributed by atoms with van der Waals surface area (Å²) >= 11 is 0. The van der Waals surface area contributed by atoms with Crippen LogP contribution in [0.3, 0.4) is 0 Å². The van der Waals surface area contributed by atoms with Crippen molar-refractivity contribution in [2.45, 2.75) is 64.3 Å². The highest BCUT2D eigenvalue weighted by molar-refractivity contribution is 7.48. The SMILES string of the molecule is CCCC(CC)(Pc1ccccc1CN(C)C)c1cc(Cc2ccccc2)cc(Cc2ccccc2)c1OCc1ccccc1. The topological polar surface area (TPSA) is 12.5 Å². The van der Waals surface area contributed by atoms with Gasteiger partial charge in [-0.05, 0) is 72.0 Å². The van der Waals surface area contributed by atoms with E-state index in [1.54, 1.807) is 0 Å². The standard InChI is InChI=1S/C42H48NOP/c1-5-26-42(6-2,45-40-25-17-16-24-37(40)31-43(3)4)39-30-36(27-33-18-10-7-11-19-33)29-38(28-34-20-12-8-13-21-34)41(39)44-32-35-22-14-9-15-23-35/h7-25,29-30,45H,5-6,26-28,31-32H2,1-4H3. The van der Waals surface area contributed by atoms with Gasteiger partial charge < -0.3 is 9.64 Å². The third-order valence-corrected chi connectivity index (χ3v) is 10.7. The Hall–Kier alpha value is -3.71. The number of rotatable bonds is 15. The predicted molar refractivity (Wildman–Crippen MR) is 194 cm³/mol. The highest BCUT2D eigenvalue weighted by atomic mass is 31.1. The molecule has 0 aliphatic heterocycles. The molecule has 0 aromatic heterocycles. The Morgan fingerprint density at radius 2 is 1.20 bits per heavy atom. The predicted octanol–water partition coefficient (Wildman–Crippen LogP) is 9.92. The zero-order valence-electron chi connectivity index (χ0n) is 27.4. The van der Waals surface area contributed by atoms with Gasteiger partial charge in [-0.15, -0.1) is 0 Å². The summed E-state index contributed by atoms with van der Waals surface area (Å²) in [7, 11) is 4.97. The van der Waals surface area contributed by atoms with Gasteiger partial charge in [0.25, 0.3) is 0 Å². The van der Waals surface area contributed by atoms with Gasteiger partial charge in [-0.3, -0.25) is 0 Å². The van der Waals surface area contributed by atoms with E-state index < -0.39 is 0 Å². The van der Waals surface area contributed by atoms with Crippen molar-refractivity contribution in [3.8, 4) is 5.75 Å². The second-order valence-corrected chi connectivity index (χ2v) is 14.2. The van der Waals surface area contributed by atoms with Gasteiger partial charge in [0.05, 0.1) is 0 Å². The molecule has 0 aliphatic rings. The Bertz CT molecular complexity index is 1620. The van der Waals surface area contributed by atoms with Crippen LogP contribution in [0.1, 0.15) is 72.1 Å². The molecule has 45 heavy (non-hydrogen) atoms. The van der Waals surface area contributed by atoms with E-state index >= 15 is 0 Å². The van der Waals surface area contributed by atoms with Gasteiger partial charge in [0.15, 0.2) is 0 Å². The molecule has 0 saturated carbocycles. The molecule has 0 amide bonds. The summed E-state index contributed by atoms with van der Waals surface area (Å²) in [6, 6.07) is 46.4. The molecule has 5 aromatic carbocycles. The Kier molecular flexibility index (Phi) is 11.6. The van der Waals surface area contributed by atoms with E-state index in [0.717, 1.165) is 44.4 Å². The smallest absolute Gasteiger partial charge is 0.127 e. The molecular formula is C42H48NOP. The zero-order chi connectivity index (χ0) is 31.5. The minimum atomic E-state index is -0.0404. The normalized spacial score (nSPS) is 12.9. The minimum absolute atomic E-state index is 0.0404. The van der Waals surface area contributed by atoms with Crippen molar-refractivity contribution >= 4 is 13.9 Å². The number of benzene rings is 5. The van der Waals surface area contributed by atoms with E-state index in [1.807, 2.05) is 0 Å². The molecule has 0 heterocycles. The molecule has 5 aromatic rings. The lowest BCUT2D eigenvalue weighted by Gasteiger charge is -2.37. The molecule has 0 aliphatic carbocycles. The van der Waals surface area contributed by atoms with Gasteiger partial charge >= 0.3 is 0 Å². The molecule has 2 nitrogen and oxygen atoms in total. The van der Waals surface area contributed by atoms with Gasteiger partial charge in [0.2, 0.25) is 0 Å². The van der Waals surface area contributed by atoms with Crippen molar-refractivity contribution in [1.29, 1.82) is 0 Å². The van der Waals surface area contributed by atoms with Crippen LogP contribution < -0.4 is 10.0 Å². The summed E-state index contributed by atoms with van der Waals surface area (Å²) in [6.45, 7) is 6.22. The quantitative estimate of drug-likeness (QED) is 0.109. The van der Waals surface area contributed by atoms with Crippen LogP contribution in [0.4, 0.5) is 0 Å². The summed E-state index contributed by atoms with van der Waals surface area (Å²) in [4.78, 5) is 2.28. The van der Waals surface area contributed by atoms with Gasteiger partial charge in [-0.1, -0.05) is 156 Å². The fraction of sp³-hybridized carbons (Fsp3) is 0.286. The maximum absolute atomic E-state index is 7.01. The minimum Gasteiger partial charge on any atom is -0.488 e. The van der Waals surface area contributed by atoms with E-state index in [4.69, 9.17) is 4.74 Å². The largest absolute Gasteiger partial charge is 0.488 e. The second-order valence-electron chi connectivity index (χ2n) is 12.4. The molecule has 232 valence electrons. The molecule has 0 fully saturated rings. The van der Waals surface area contributed by atoms with Crippen LogP contribution in [-0.4, -0.2) is 19.0 Å². The molecule has 2 unspecified atom stereocenters. The maximum Gasteiger partial charge on any atom is 0.127 e. The van der Waals surface area contributed by atoms with Gasteiger partial charge in [-0.25, -0.2) is 0 Å². The molecular weight excluding hydrogens is 565 g/mol. The van der Waals surface area contributed by atoms with Crippen LogP contribution >= 0.6 is 8.58 Å².